The maximum absolute atomic E-state index is 14.2. The molecular weight excluding hydrogens is 669 g/mol. The van der Waals surface area contributed by atoms with E-state index in [1.807, 2.05) is 58.9 Å². The Hall–Kier alpha value is -4.35. The van der Waals surface area contributed by atoms with Crippen LogP contribution in [0.2, 0.25) is 0 Å². The third-order valence-electron chi connectivity index (χ3n) is 10.8. The molecule has 0 unspecified atom stereocenters. The molecule has 3 aromatic heterocycles. The maximum atomic E-state index is 14.2. The summed E-state index contributed by atoms with van der Waals surface area (Å²) in [4.78, 5) is 68.0. The zero-order valence-corrected chi connectivity index (χ0v) is 32.7. The van der Waals surface area contributed by atoms with Gasteiger partial charge in [-0.2, -0.15) is 11.4 Å². The average Bonchev–Trinajstić information content (AvgIpc) is 3.87. The van der Waals surface area contributed by atoms with Crippen molar-refractivity contribution in [3.8, 4) is 0 Å². The van der Waals surface area contributed by atoms with Crippen molar-refractivity contribution in [2.45, 2.75) is 80.6 Å². The molecule has 1 aliphatic carbocycles. The molecule has 5 heterocycles. The number of esters is 2. The standard InChI is InChI=1S/C41H45N4O6.Mg/c1-9-20(4)14-15-51-34(47)13-12-26-22(6)29-16-28-21(5)24(10-2)31(42-28)18-33-27(19-46)25(11-3)32(43-33)17-30-23(7)35-39(45-30)36(38(26)44-29)37(40(35)48)41(49)50-8;/h14,16-19,22,26,37H,9-13,15H2,1-8H3,(H-,44,45,46,48);/q-3;+2/p-1/b20-14-,29-16-,33-18-;/t22-,26-,37+;/m0./s1. The number of aromatic nitrogens is 3. The molecule has 2 aliphatic heterocycles. The summed E-state index contributed by atoms with van der Waals surface area (Å²) in [6.45, 7) is 14.2. The van der Waals surface area contributed by atoms with Crippen molar-refractivity contribution in [1.82, 2.24) is 15.0 Å². The molecule has 6 rings (SSSR count). The molecule has 0 aromatic carbocycles. The van der Waals surface area contributed by atoms with Crippen LogP contribution in [0.5, 0.6) is 0 Å². The minimum absolute atomic E-state index is 0. The quantitative estimate of drug-likeness (QED) is 0.0956. The number of carbonyl (C=O) groups excluding carboxylic acids is 4. The fourth-order valence-electron chi connectivity index (χ4n) is 7.59. The van der Waals surface area contributed by atoms with E-state index in [-0.39, 0.29) is 53.9 Å². The Morgan fingerprint density at radius 1 is 0.923 bits per heavy atom. The first kappa shape index (κ1) is 38.9. The smallest absolute Gasteiger partial charge is 0.664 e. The van der Waals surface area contributed by atoms with Crippen molar-refractivity contribution in [2.24, 2.45) is 17.8 Å². The first-order valence-electron chi connectivity index (χ1n) is 17.8. The van der Waals surface area contributed by atoms with Crippen LogP contribution in [0.1, 0.15) is 120 Å². The van der Waals surface area contributed by atoms with E-state index in [9.17, 15) is 19.2 Å². The summed E-state index contributed by atoms with van der Waals surface area (Å²) in [6.07, 6.45) is 11.0. The summed E-state index contributed by atoms with van der Waals surface area (Å²) >= 11 is 0. The normalized spacial score (nSPS) is 22.7. The molecule has 3 aliphatic rings. The van der Waals surface area contributed by atoms with Crippen LogP contribution in [0.15, 0.2) is 23.0 Å². The van der Waals surface area contributed by atoms with Gasteiger partial charge in [0.15, 0.2) is 5.78 Å². The summed E-state index contributed by atoms with van der Waals surface area (Å²) in [5.74, 6) is -3.20. The van der Waals surface area contributed by atoms with Crippen molar-refractivity contribution in [2.75, 3.05) is 13.7 Å². The van der Waals surface area contributed by atoms with E-state index in [1.165, 1.54) is 7.11 Å². The van der Waals surface area contributed by atoms with Crippen LogP contribution in [0.25, 0.3) is 29.1 Å². The molecule has 52 heavy (non-hydrogen) atoms. The number of ether oxygens (including phenoxy) is 2. The third kappa shape index (κ3) is 6.69. The van der Waals surface area contributed by atoms with Gasteiger partial charge in [0.2, 0.25) is 0 Å². The molecule has 1 fully saturated rings. The van der Waals surface area contributed by atoms with Crippen LogP contribution < -0.4 is 25.7 Å². The van der Waals surface area contributed by atoms with Crippen LogP contribution in [-0.2, 0) is 31.9 Å². The van der Waals surface area contributed by atoms with Crippen LogP contribution in [0, 0.1) is 31.6 Å². The summed E-state index contributed by atoms with van der Waals surface area (Å²) in [6, 6.07) is 0. The predicted octanol–water partition coefficient (Wildman–Crippen LogP) is 4.76. The molecule has 3 aromatic rings. The van der Waals surface area contributed by atoms with Gasteiger partial charge in [0.05, 0.1) is 7.11 Å². The van der Waals surface area contributed by atoms with Gasteiger partial charge < -0.3 is 29.7 Å². The Morgan fingerprint density at radius 2 is 1.62 bits per heavy atom. The molecule has 11 heteroatoms. The largest absolute Gasteiger partial charge is 2.00 e. The number of fused-ring (bicyclic) bond motifs is 7. The van der Waals surface area contributed by atoms with Gasteiger partial charge in [-0.3, -0.25) is 19.2 Å². The molecule has 0 radical (unpaired) electrons. The van der Waals surface area contributed by atoms with E-state index in [1.54, 1.807) is 6.92 Å². The van der Waals surface area contributed by atoms with E-state index in [0.29, 0.717) is 62.9 Å². The molecule has 0 spiro atoms. The fourth-order valence-corrected chi connectivity index (χ4v) is 7.59. The zero-order valence-electron chi connectivity index (χ0n) is 31.3. The predicted molar refractivity (Wildman–Crippen MR) is 200 cm³/mol. The van der Waals surface area contributed by atoms with Crippen LogP contribution in [0.3, 0.4) is 0 Å². The first-order valence-corrected chi connectivity index (χ1v) is 17.8. The third-order valence-corrected chi connectivity index (χ3v) is 10.8. The van der Waals surface area contributed by atoms with Crippen LogP contribution >= 0.6 is 0 Å². The molecule has 0 amide bonds. The van der Waals surface area contributed by atoms with Crippen LogP contribution in [-0.4, -0.2) is 60.8 Å². The fraction of sp³-hybridized carbons (Fsp3) is 0.415. The second-order valence-electron chi connectivity index (χ2n) is 13.5. The van der Waals surface area contributed by atoms with Gasteiger partial charge in [-0.25, -0.2) is 0 Å². The summed E-state index contributed by atoms with van der Waals surface area (Å²) in [5, 5.41) is 6.28. The number of Topliss-reactive ketones (excluding diaryl/α,β-unsaturated/α-hetero) is 1. The number of aldehydes is 1. The minimum atomic E-state index is -1.25. The summed E-state index contributed by atoms with van der Waals surface area (Å²) < 4.78 is 10.7. The molecule has 8 bridgehead atoms. The van der Waals surface area contributed by atoms with Crippen LogP contribution in [0.4, 0.5) is 0 Å². The van der Waals surface area contributed by atoms with Crippen molar-refractivity contribution >= 4 is 70.9 Å². The number of carbonyl (C=O) groups is 4. The van der Waals surface area contributed by atoms with Gasteiger partial charge >= 0.3 is 35.0 Å². The van der Waals surface area contributed by atoms with Gasteiger partial charge in [-0.1, -0.05) is 79.3 Å². The van der Waals surface area contributed by atoms with Crippen molar-refractivity contribution < 1.29 is 28.7 Å². The first-order chi connectivity index (χ1) is 24.5. The average molecular weight is 713 g/mol. The second-order valence-corrected chi connectivity index (χ2v) is 13.5. The van der Waals surface area contributed by atoms with E-state index >= 15 is 0 Å². The van der Waals surface area contributed by atoms with E-state index in [4.69, 9.17) is 29.7 Å². The number of hydrogen-bond donors (Lipinski definition) is 0. The molecular formula is C41H44MgN4O6-2. The van der Waals surface area contributed by atoms with Gasteiger partial charge in [0, 0.05) is 17.5 Å². The minimum Gasteiger partial charge on any atom is -0.664 e. The number of ketones is 1. The zero-order chi connectivity index (χ0) is 36.7. The second kappa shape index (κ2) is 15.7. The van der Waals surface area contributed by atoms with E-state index in [0.717, 1.165) is 58.5 Å². The molecule has 1 saturated heterocycles. The van der Waals surface area contributed by atoms with Crippen molar-refractivity contribution in [3.63, 3.8) is 0 Å². The molecule has 10 nitrogen and oxygen atoms in total. The Kier molecular flexibility index (Phi) is 11.7. The Balaban J connectivity index is 0.00000523. The van der Waals surface area contributed by atoms with E-state index in [2.05, 4.69) is 6.92 Å². The summed E-state index contributed by atoms with van der Waals surface area (Å²) in [7, 11) is 1.26. The number of methoxy groups -OCH3 is 1. The van der Waals surface area contributed by atoms with Crippen molar-refractivity contribution in [1.29, 1.82) is 0 Å². The number of allylic oxidation sites excluding steroid dienone is 3. The number of nitrogens with zero attached hydrogens (tertiary/aromatic N) is 4. The van der Waals surface area contributed by atoms with Gasteiger partial charge in [-0.05, 0) is 64.4 Å². The van der Waals surface area contributed by atoms with Crippen molar-refractivity contribution in [3.05, 3.63) is 95.2 Å². The molecule has 0 N–H and O–H groups in total. The Labute approximate surface area is 320 Å². The van der Waals surface area contributed by atoms with Gasteiger partial charge in [0.25, 0.3) is 0 Å². The SMILES string of the molecule is CC/C(C)=C\COC(=O)CC[C@@H]1/C2=C3/c4[n-]c(c(C)c4C(=O)[C@@H]3C(=O)OC)/C=c3\[n-]/c(c(C=O)c3CC)=C\c3[n-]c(c(C)c3CC)/C=C(\[N-]2)[C@H]1C.[Mg+2]. The Morgan fingerprint density at radius 3 is 2.27 bits per heavy atom. The Bertz CT molecular complexity index is 2170. The number of hydrogen-bond acceptors (Lipinski definition) is 6. The monoisotopic (exact) mass is 712 g/mol. The van der Waals surface area contributed by atoms with E-state index < -0.39 is 17.7 Å². The van der Waals surface area contributed by atoms with Gasteiger partial charge in [-0.15, -0.1) is 33.5 Å². The summed E-state index contributed by atoms with van der Waals surface area (Å²) in [5.41, 5.74) is 9.44. The topological polar surface area (TPSA) is 143 Å². The maximum Gasteiger partial charge on any atom is 2.00 e. The molecule has 268 valence electrons. The van der Waals surface area contributed by atoms with Gasteiger partial charge in [0.1, 0.15) is 18.8 Å². The number of rotatable bonds is 10. The molecule has 0 saturated carbocycles. The molecule has 3 atom stereocenters.